The summed E-state index contributed by atoms with van der Waals surface area (Å²) in [5, 5.41) is 14.0. The maximum Gasteiger partial charge on any atom is 0.407 e. The predicted octanol–water partition coefficient (Wildman–Crippen LogP) is 3.10. The molecule has 0 aliphatic heterocycles. The van der Waals surface area contributed by atoms with Gasteiger partial charge in [0, 0.05) is 0 Å². The third-order valence-electron chi connectivity index (χ3n) is 3.46. The van der Waals surface area contributed by atoms with Gasteiger partial charge in [0.05, 0.1) is 22.2 Å². The lowest BCUT2D eigenvalue weighted by atomic mass is 10.2. The molecule has 1 unspecified atom stereocenters. The van der Waals surface area contributed by atoms with Gasteiger partial charge in [-0.15, -0.1) is 0 Å². The van der Waals surface area contributed by atoms with E-state index in [9.17, 15) is 19.5 Å². The molecule has 0 saturated heterocycles. The third kappa shape index (κ3) is 6.16. The molecule has 142 valence electrons. The van der Waals surface area contributed by atoms with Crippen LogP contribution in [0.15, 0.2) is 48.5 Å². The van der Waals surface area contributed by atoms with E-state index < -0.39 is 24.0 Å². The van der Waals surface area contributed by atoms with Crippen molar-refractivity contribution in [3.63, 3.8) is 0 Å². The number of carboxylic acid groups (broad SMARTS) is 1. The Bertz CT molecular complexity index is 810. The number of hydrogen-bond donors (Lipinski definition) is 3. The lowest BCUT2D eigenvalue weighted by molar-refractivity contribution is -0.139. The fraction of sp³-hybridized carbons (Fsp3) is 0.167. The molecule has 0 spiro atoms. The molecule has 0 bridgehead atoms. The van der Waals surface area contributed by atoms with Crippen LogP contribution in [0.25, 0.3) is 0 Å². The monoisotopic (exact) mass is 410 g/mol. The van der Waals surface area contributed by atoms with Crippen LogP contribution < -0.4 is 10.6 Å². The standard InChI is InChI=1S/C18H16Cl2N2O5/c19-12-7-4-8-13(20)15(12)16(23)22-14(17(24)25)9-21-18(26)27-10-11-5-2-1-3-6-11/h1-8,14H,9-10H2,(H,21,26)(H,22,23)(H,24,25). The van der Waals surface area contributed by atoms with Crippen molar-refractivity contribution in [2.24, 2.45) is 0 Å². The summed E-state index contributed by atoms with van der Waals surface area (Å²) in [6.07, 6.45) is -0.810. The summed E-state index contributed by atoms with van der Waals surface area (Å²) in [6.45, 7) is -0.344. The summed E-state index contributed by atoms with van der Waals surface area (Å²) < 4.78 is 4.99. The Hall–Kier alpha value is -2.77. The molecule has 2 aromatic rings. The van der Waals surface area contributed by atoms with Gasteiger partial charge in [-0.3, -0.25) is 4.79 Å². The molecule has 2 amide bonds. The van der Waals surface area contributed by atoms with Crippen molar-refractivity contribution in [1.29, 1.82) is 0 Å². The van der Waals surface area contributed by atoms with Gasteiger partial charge in [0.2, 0.25) is 0 Å². The fourth-order valence-corrected chi connectivity index (χ4v) is 2.67. The van der Waals surface area contributed by atoms with E-state index in [1.165, 1.54) is 12.1 Å². The third-order valence-corrected chi connectivity index (χ3v) is 4.09. The first-order valence-electron chi connectivity index (χ1n) is 7.80. The summed E-state index contributed by atoms with van der Waals surface area (Å²) in [7, 11) is 0. The highest BCUT2D eigenvalue weighted by atomic mass is 35.5. The molecule has 0 aliphatic carbocycles. The van der Waals surface area contributed by atoms with Crippen molar-refractivity contribution in [1.82, 2.24) is 10.6 Å². The normalized spacial score (nSPS) is 11.3. The highest BCUT2D eigenvalue weighted by molar-refractivity contribution is 6.39. The Morgan fingerprint density at radius 3 is 2.22 bits per heavy atom. The van der Waals surface area contributed by atoms with Gasteiger partial charge in [0.25, 0.3) is 5.91 Å². The number of carbonyl (C=O) groups is 3. The van der Waals surface area contributed by atoms with Gasteiger partial charge in [-0.05, 0) is 17.7 Å². The first-order valence-corrected chi connectivity index (χ1v) is 8.56. The Morgan fingerprint density at radius 1 is 1.00 bits per heavy atom. The molecular formula is C18H16Cl2N2O5. The van der Waals surface area contributed by atoms with Crippen LogP contribution in [0.5, 0.6) is 0 Å². The summed E-state index contributed by atoms with van der Waals surface area (Å²) >= 11 is 11.9. The summed E-state index contributed by atoms with van der Waals surface area (Å²) in [5.41, 5.74) is 0.739. The highest BCUT2D eigenvalue weighted by Gasteiger charge is 2.24. The number of halogens is 2. The van der Waals surface area contributed by atoms with Crippen molar-refractivity contribution in [3.8, 4) is 0 Å². The topological polar surface area (TPSA) is 105 Å². The second kappa shape index (κ2) is 9.80. The van der Waals surface area contributed by atoms with E-state index in [4.69, 9.17) is 27.9 Å². The zero-order chi connectivity index (χ0) is 19.8. The average molecular weight is 411 g/mol. The van der Waals surface area contributed by atoms with Crippen molar-refractivity contribution < 1.29 is 24.2 Å². The highest BCUT2D eigenvalue weighted by Crippen LogP contribution is 2.24. The molecule has 1 atom stereocenters. The number of alkyl carbamates (subject to hydrolysis) is 1. The SMILES string of the molecule is O=C(NCC(NC(=O)c1c(Cl)cccc1Cl)C(=O)O)OCc1ccccc1. The number of amides is 2. The summed E-state index contributed by atoms with van der Waals surface area (Å²) in [4.78, 5) is 35.4. The number of carbonyl (C=O) groups excluding carboxylic acids is 2. The van der Waals surface area contributed by atoms with Crippen LogP contribution in [-0.4, -0.2) is 35.7 Å². The van der Waals surface area contributed by atoms with E-state index >= 15 is 0 Å². The van der Waals surface area contributed by atoms with Crippen LogP contribution in [0.3, 0.4) is 0 Å². The van der Waals surface area contributed by atoms with Crippen LogP contribution in [0.4, 0.5) is 4.79 Å². The van der Waals surface area contributed by atoms with Gasteiger partial charge in [0.15, 0.2) is 0 Å². The van der Waals surface area contributed by atoms with E-state index in [1.54, 1.807) is 30.3 Å². The first kappa shape index (κ1) is 20.5. The maximum absolute atomic E-state index is 12.3. The number of hydrogen-bond acceptors (Lipinski definition) is 4. The Kier molecular flexibility index (Phi) is 7.45. The number of aliphatic carboxylic acids is 1. The quantitative estimate of drug-likeness (QED) is 0.650. The van der Waals surface area contributed by atoms with Crippen LogP contribution >= 0.6 is 23.2 Å². The molecule has 0 saturated carbocycles. The van der Waals surface area contributed by atoms with E-state index in [0.29, 0.717) is 0 Å². The molecule has 3 N–H and O–H groups in total. The van der Waals surface area contributed by atoms with E-state index in [1.807, 2.05) is 6.07 Å². The van der Waals surface area contributed by atoms with Crippen molar-refractivity contribution in [2.75, 3.05) is 6.54 Å². The van der Waals surface area contributed by atoms with Crippen LogP contribution in [0, 0.1) is 0 Å². The molecule has 0 heterocycles. The number of benzene rings is 2. The summed E-state index contributed by atoms with van der Waals surface area (Å²) in [6, 6.07) is 12.1. The lowest BCUT2D eigenvalue weighted by Gasteiger charge is -2.16. The number of ether oxygens (including phenoxy) is 1. The van der Waals surface area contributed by atoms with Gasteiger partial charge < -0.3 is 20.5 Å². The Labute approximate surface area is 165 Å². The lowest BCUT2D eigenvalue weighted by Crippen LogP contribution is -2.48. The molecule has 0 aromatic heterocycles. The predicted molar refractivity (Wildman–Crippen MR) is 100.0 cm³/mol. The molecule has 2 rings (SSSR count). The van der Waals surface area contributed by atoms with E-state index in [0.717, 1.165) is 5.56 Å². The molecule has 7 nitrogen and oxygen atoms in total. The molecular weight excluding hydrogens is 395 g/mol. The van der Waals surface area contributed by atoms with E-state index in [2.05, 4.69) is 10.6 Å². The van der Waals surface area contributed by atoms with Gasteiger partial charge in [-0.2, -0.15) is 0 Å². The number of rotatable bonds is 7. The second-order valence-corrected chi connectivity index (χ2v) is 6.22. The van der Waals surface area contributed by atoms with Gasteiger partial charge in [-0.25, -0.2) is 9.59 Å². The van der Waals surface area contributed by atoms with Crippen LogP contribution in [0.2, 0.25) is 10.0 Å². The van der Waals surface area contributed by atoms with Crippen LogP contribution in [-0.2, 0) is 16.1 Å². The molecule has 2 aromatic carbocycles. The van der Waals surface area contributed by atoms with Crippen molar-refractivity contribution in [2.45, 2.75) is 12.6 Å². The Morgan fingerprint density at radius 2 is 1.63 bits per heavy atom. The van der Waals surface area contributed by atoms with Crippen LogP contribution in [0.1, 0.15) is 15.9 Å². The average Bonchev–Trinajstić information content (AvgIpc) is 2.63. The smallest absolute Gasteiger partial charge is 0.407 e. The first-order chi connectivity index (χ1) is 12.9. The molecule has 0 aliphatic rings. The zero-order valence-electron chi connectivity index (χ0n) is 13.9. The fourth-order valence-electron chi connectivity index (χ4n) is 2.10. The van der Waals surface area contributed by atoms with Gasteiger partial charge in [0.1, 0.15) is 12.6 Å². The van der Waals surface area contributed by atoms with Crippen molar-refractivity contribution in [3.05, 3.63) is 69.7 Å². The van der Waals surface area contributed by atoms with Gasteiger partial charge in [-0.1, -0.05) is 59.6 Å². The molecule has 0 radical (unpaired) electrons. The molecule has 0 fully saturated rings. The van der Waals surface area contributed by atoms with Crippen molar-refractivity contribution >= 4 is 41.2 Å². The zero-order valence-corrected chi connectivity index (χ0v) is 15.5. The maximum atomic E-state index is 12.3. The minimum Gasteiger partial charge on any atom is -0.480 e. The minimum absolute atomic E-state index is 0.0337. The molecule has 27 heavy (non-hydrogen) atoms. The molecule has 9 heteroatoms. The number of nitrogens with one attached hydrogen (secondary N) is 2. The minimum atomic E-state index is -1.39. The van der Waals surface area contributed by atoms with Gasteiger partial charge >= 0.3 is 12.1 Å². The Balaban J connectivity index is 1.90. The summed E-state index contributed by atoms with van der Waals surface area (Å²) in [5.74, 6) is -2.10. The number of carboxylic acids is 1. The van der Waals surface area contributed by atoms with E-state index in [-0.39, 0.29) is 28.8 Å². The second-order valence-electron chi connectivity index (χ2n) is 5.40. The largest absolute Gasteiger partial charge is 0.480 e.